The van der Waals surface area contributed by atoms with Crippen LogP contribution in [0.3, 0.4) is 0 Å². The number of rotatable bonds is 5. The largest absolute Gasteiger partial charge is 0.362 e. The van der Waals surface area contributed by atoms with Gasteiger partial charge in [-0.3, -0.25) is 4.68 Å². The van der Waals surface area contributed by atoms with Gasteiger partial charge in [0.15, 0.2) is 5.13 Å². The van der Waals surface area contributed by atoms with E-state index in [-0.39, 0.29) is 0 Å². The third-order valence-corrected chi connectivity index (χ3v) is 3.43. The molecule has 2 heterocycles. The Morgan fingerprint density at radius 1 is 1.41 bits per heavy atom. The molecule has 2 rings (SSSR count). The van der Waals surface area contributed by atoms with E-state index in [0.29, 0.717) is 0 Å². The molecule has 0 saturated heterocycles. The lowest BCUT2D eigenvalue weighted by Gasteiger charge is -2.01. The Labute approximate surface area is 106 Å². The van der Waals surface area contributed by atoms with Gasteiger partial charge in [-0.2, -0.15) is 5.10 Å². The number of thiazole rings is 1. The van der Waals surface area contributed by atoms with Crippen molar-refractivity contribution >= 4 is 16.5 Å². The van der Waals surface area contributed by atoms with Gasteiger partial charge in [0, 0.05) is 23.3 Å². The van der Waals surface area contributed by atoms with Gasteiger partial charge in [-0.1, -0.05) is 6.92 Å². The van der Waals surface area contributed by atoms with Crippen molar-refractivity contribution in [2.45, 2.75) is 33.7 Å². The fourth-order valence-corrected chi connectivity index (χ4v) is 2.50. The van der Waals surface area contributed by atoms with E-state index in [0.717, 1.165) is 30.3 Å². The topological polar surface area (TPSA) is 42.7 Å². The van der Waals surface area contributed by atoms with Crippen LogP contribution in [0.25, 0.3) is 0 Å². The SMILES string of the molecule is CCCNc1ncc(Cn2nc(C)cc2C)s1. The Balaban J connectivity index is 2.03. The summed E-state index contributed by atoms with van der Waals surface area (Å²) in [4.78, 5) is 5.58. The Morgan fingerprint density at radius 3 is 2.88 bits per heavy atom. The molecule has 0 amide bonds. The van der Waals surface area contributed by atoms with Crippen LogP contribution in [0.15, 0.2) is 12.3 Å². The van der Waals surface area contributed by atoms with Crippen molar-refractivity contribution in [2.24, 2.45) is 0 Å². The minimum Gasteiger partial charge on any atom is -0.362 e. The summed E-state index contributed by atoms with van der Waals surface area (Å²) in [6, 6.07) is 2.09. The monoisotopic (exact) mass is 250 g/mol. The van der Waals surface area contributed by atoms with Gasteiger partial charge >= 0.3 is 0 Å². The molecule has 0 aromatic carbocycles. The summed E-state index contributed by atoms with van der Waals surface area (Å²) in [6.45, 7) is 8.04. The van der Waals surface area contributed by atoms with Gasteiger partial charge in [-0.15, -0.1) is 11.3 Å². The molecule has 92 valence electrons. The lowest BCUT2D eigenvalue weighted by atomic mass is 10.4. The number of nitrogens with zero attached hydrogens (tertiary/aromatic N) is 3. The molecule has 2 aromatic rings. The maximum atomic E-state index is 4.45. The van der Waals surface area contributed by atoms with Crippen LogP contribution in [-0.4, -0.2) is 21.3 Å². The highest BCUT2D eigenvalue weighted by atomic mass is 32.1. The van der Waals surface area contributed by atoms with Crippen molar-refractivity contribution in [1.82, 2.24) is 14.8 Å². The molecule has 0 radical (unpaired) electrons. The van der Waals surface area contributed by atoms with Crippen LogP contribution in [0.4, 0.5) is 5.13 Å². The van der Waals surface area contributed by atoms with Gasteiger partial charge in [-0.05, 0) is 26.3 Å². The second kappa shape index (κ2) is 5.31. The average molecular weight is 250 g/mol. The number of anilines is 1. The first-order valence-corrected chi connectivity index (χ1v) is 6.70. The smallest absolute Gasteiger partial charge is 0.182 e. The van der Waals surface area contributed by atoms with E-state index in [1.165, 1.54) is 10.6 Å². The van der Waals surface area contributed by atoms with Gasteiger partial charge in [0.05, 0.1) is 12.2 Å². The van der Waals surface area contributed by atoms with E-state index in [1.807, 2.05) is 17.8 Å². The maximum Gasteiger partial charge on any atom is 0.182 e. The van der Waals surface area contributed by atoms with Crippen molar-refractivity contribution in [2.75, 3.05) is 11.9 Å². The Hall–Kier alpha value is -1.36. The van der Waals surface area contributed by atoms with E-state index in [4.69, 9.17) is 0 Å². The van der Waals surface area contributed by atoms with Gasteiger partial charge in [0.25, 0.3) is 0 Å². The summed E-state index contributed by atoms with van der Waals surface area (Å²) >= 11 is 1.70. The van der Waals surface area contributed by atoms with Crippen LogP contribution in [0.5, 0.6) is 0 Å². The normalized spacial score (nSPS) is 10.8. The van der Waals surface area contributed by atoms with Crippen LogP contribution in [0.1, 0.15) is 29.6 Å². The second-order valence-corrected chi connectivity index (χ2v) is 5.26. The molecule has 0 bridgehead atoms. The lowest BCUT2D eigenvalue weighted by Crippen LogP contribution is -2.02. The molecule has 0 aliphatic rings. The average Bonchev–Trinajstić information content (AvgIpc) is 2.84. The highest BCUT2D eigenvalue weighted by Crippen LogP contribution is 2.19. The molecule has 4 nitrogen and oxygen atoms in total. The Bertz CT molecular complexity index is 486. The highest BCUT2D eigenvalue weighted by molar-refractivity contribution is 7.15. The van der Waals surface area contributed by atoms with Crippen LogP contribution in [0.2, 0.25) is 0 Å². The van der Waals surface area contributed by atoms with E-state index in [1.54, 1.807) is 11.3 Å². The second-order valence-electron chi connectivity index (χ2n) is 4.14. The summed E-state index contributed by atoms with van der Waals surface area (Å²) in [6.07, 6.45) is 3.05. The predicted molar refractivity (Wildman–Crippen MR) is 71.7 cm³/mol. The molecular formula is C12H18N4S. The number of aryl methyl sites for hydroxylation is 2. The minimum atomic E-state index is 0.811. The van der Waals surface area contributed by atoms with Crippen LogP contribution >= 0.6 is 11.3 Å². The molecule has 0 aliphatic heterocycles. The maximum absolute atomic E-state index is 4.45. The Morgan fingerprint density at radius 2 is 2.24 bits per heavy atom. The molecule has 0 spiro atoms. The van der Waals surface area contributed by atoms with Crippen LogP contribution < -0.4 is 5.32 Å². The summed E-state index contributed by atoms with van der Waals surface area (Å²) in [5.74, 6) is 0. The summed E-state index contributed by atoms with van der Waals surface area (Å²) < 4.78 is 2.02. The fraction of sp³-hybridized carbons (Fsp3) is 0.500. The zero-order valence-electron chi connectivity index (χ0n) is 10.5. The number of aromatic nitrogens is 3. The summed E-state index contributed by atoms with van der Waals surface area (Å²) in [7, 11) is 0. The molecule has 0 fully saturated rings. The number of nitrogens with one attached hydrogen (secondary N) is 1. The van der Waals surface area contributed by atoms with Gasteiger partial charge in [-0.25, -0.2) is 4.98 Å². The molecule has 1 N–H and O–H groups in total. The van der Waals surface area contributed by atoms with E-state index in [9.17, 15) is 0 Å². The minimum absolute atomic E-state index is 0.811. The molecule has 0 saturated carbocycles. The van der Waals surface area contributed by atoms with E-state index >= 15 is 0 Å². The lowest BCUT2D eigenvalue weighted by molar-refractivity contribution is 0.665. The van der Waals surface area contributed by atoms with Crippen LogP contribution in [0, 0.1) is 13.8 Å². The van der Waals surface area contributed by atoms with Crippen molar-refractivity contribution in [1.29, 1.82) is 0 Å². The Kier molecular flexibility index (Phi) is 3.78. The number of hydrogen-bond donors (Lipinski definition) is 1. The zero-order valence-corrected chi connectivity index (χ0v) is 11.3. The fourth-order valence-electron chi connectivity index (χ4n) is 1.68. The van der Waals surface area contributed by atoms with Crippen molar-refractivity contribution in [3.63, 3.8) is 0 Å². The highest BCUT2D eigenvalue weighted by Gasteiger charge is 2.05. The summed E-state index contributed by atoms with van der Waals surface area (Å²) in [5.41, 5.74) is 2.26. The first-order chi connectivity index (χ1) is 8.19. The van der Waals surface area contributed by atoms with E-state index < -0.39 is 0 Å². The molecule has 2 aromatic heterocycles. The van der Waals surface area contributed by atoms with Gasteiger partial charge < -0.3 is 5.32 Å². The zero-order chi connectivity index (χ0) is 12.3. The molecular weight excluding hydrogens is 232 g/mol. The first-order valence-electron chi connectivity index (χ1n) is 5.88. The first kappa shape index (κ1) is 12.1. The van der Waals surface area contributed by atoms with Gasteiger partial charge in [0.1, 0.15) is 0 Å². The standard InChI is InChI=1S/C12H18N4S/c1-4-5-13-12-14-7-11(17-12)8-16-10(3)6-9(2)15-16/h6-7H,4-5,8H2,1-3H3,(H,13,14). The molecule has 5 heteroatoms. The number of hydrogen-bond acceptors (Lipinski definition) is 4. The summed E-state index contributed by atoms with van der Waals surface area (Å²) in [5, 5.41) is 8.75. The van der Waals surface area contributed by atoms with Gasteiger partial charge in [0.2, 0.25) is 0 Å². The van der Waals surface area contributed by atoms with Crippen molar-refractivity contribution < 1.29 is 0 Å². The molecule has 0 unspecified atom stereocenters. The van der Waals surface area contributed by atoms with Crippen molar-refractivity contribution in [3.05, 3.63) is 28.5 Å². The van der Waals surface area contributed by atoms with Crippen molar-refractivity contribution in [3.8, 4) is 0 Å². The molecule has 17 heavy (non-hydrogen) atoms. The molecule has 0 aliphatic carbocycles. The van der Waals surface area contributed by atoms with Crippen LogP contribution in [-0.2, 0) is 6.54 Å². The molecule has 0 atom stereocenters. The third kappa shape index (κ3) is 3.06. The third-order valence-electron chi connectivity index (χ3n) is 2.49. The quantitative estimate of drug-likeness (QED) is 0.887. The van der Waals surface area contributed by atoms with E-state index in [2.05, 4.69) is 35.3 Å². The predicted octanol–water partition coefficient (Wildman–Crippen LogP) is 2.83.